The number of hydrogen-bond donors (Lipinski definition) is 1. The average Bonchev–Trinajstić information content (AvgIpc) is 3.15. The summed E-state index contributed by atoms with van der Waals surface area (Å²) in [5.41, 5.74) is 1.63. The molecule has 0 fully saturated rings. The fourth-order valence-corrected chi connectivity index (χ4v) is 2.58. The maximum atomic E-state index is 12.2. The third-order valence-corrected chi connectivity index (χ3v) is 3.74. The Labute approximate surface area is 147 Å². The zero-order valence-electron chi connectivity index (χ0n) is 13.6. The smallest absolute Gasteiger partial charge is 0.340 e. The Morgan fingerprint density at radius 3 is 2.85 bits per heavy atom. The van der Waals surface area contributed by atoms with Crippen LogP contribution in [-0.2, 0) is 9.53 Å². The molecule has 2 heterocycles. The molecule has 1 amide bonds. The first-order valence-corrected chi connectivity index (χ1v) is 7.89. The Morgan fingerprint density at radius 1 is 1.12 bits per heavy atom. The number of carbonyl (C=O) groups is 2. The molecule has 0 saturated carbocycles. The third-order valence-electron chi connectivity index (χ3n) is 3.74. The van der Waals surface area contributed by atoms with E-state index in [1.54, 1.807) is 36.4 Å². The van der Waals surface area contributed by atoms with E-state index in [1.165, 1.54) is 6.39 Å². The number of aromatic nitrogens is 1. The van der Waals surface area contributed by atoms with E-state index in [4.69, 9.17) is 18.6 Å². The molecule has 0 spiro atoms. The summed E-state index contributed by atoms with van der Waals surface area (Å²) >= 11 is 0. The number of oxazole rings is 1. The fourth-order valence-electron chi connectivity index (χ4n) is 2.58. The van der Waals surface area contributed by atoms with Gasteiger partial charge < -0.3 is 23.9 Å². The number of para-hydroxylation sites is 1. The largest absolute Gasteiger partial charge is 0.486 e. The van der Waals surface area contributed by atoms with Gasteiger partial charge in [0.2, 0.25) is 0 Å². The van der Waals surface area contributed by atoms with E-state index in [0.717, 1.165) is 0 Å². The van der Waals surface area contributed by atoms with Crippen LogP contribution in [-0.4, -0.2) is 36.7 Å². The zero-order chi connectivity index (χ0) is 17.9. The summed E-state index contributed by atoms with van der Waals surface area (Å²) in [5, 5.41) is 2.65. The summed E-state index contributed by atoms with van der Waals surface area (Å²) in [5.74, 6) is 0.0642. The van der Waals surface area contributed by atoms with E-state index in [-0.39, 0.29) is 5.56 Å². The molecule has 0 radical (unpaired) electrons. The lowest BCUT2D eigenvalue weighted by Crippen LogP contribution is -2.21. The lowest BCUT2D eigenvalue weighted by molar-refractivity contribution is -0.119. The molecule has 3 aromatic rings. The number of hydrogen-bond acceptors (Lipinski definition) is 7. The van der Waals surface area contributed by atoms with Gasteiger partial charge in [-0.25, -0.2) is 9.78 Å². The van der Waals surface area contributed by atoms with Crippen LogP contribution < -0.4 is 14.8 Å². The van der Waals surface area contributed by atoms with Crippen molar-refractivity contribution in [2.75, 3.05) is 25.1 Å². The molecule has 2 aromatic carbocycles. The van der Waals surface area contributed by atoms with E-state index in [1.807, 2.05) is 0 Å². The van der Waals surface area contributed by atoms with Gasteiger partial charge in [-0.1, -0.05) is 6.07 Å². The molecule has 4 rings (SSSR count). The molecular weight excluding hydrogens is 340 g/mol. The number of ether oxygens (including phenoxy) is 3. The number of anilines is 1. The summed E-state index contributed by atoms with van der Waals surface area (Å²) < 4.78 is 21.1. The Morgan fingerprint density at radius 2 is 1.96 bits per heavy atom. The Kier molecular flexibility index (Phi) is 4.14. The fraction of sp³-hybridized carbons (Fsp3) is 0.167. The van der Waals surface area contributed by atoms with Gasteiger partial charge >= 0.3 is 5.97 Å². The predicted molar refractivity (Wildman–Crippen MR) is 90.4 cm³/mol. The second-order valence-electron chi connectivity index (χ2n) is 5.49. The van der Waals surface area contributed by atoms with Crippen LogP contribution in [0.1, 0.15) is 10.4 Å². The van der Waals surface area contributed by atoms with Crippen LogP contribution in [0.25, 0.3) is 11.1 Å². The summed E-state index contributed by atoms with van der Waals surface area (Å²) in [6.07, 6.45) is 1.25. The molecule has 1 aliphatic heterocycles. The quantitative estimate of drug-likeness (QED) is 0.718. The van der Waals surface area contributed by atoms with Gasteiger partial charge in [0.25, 0.3) is 5.91 Å². The van der Waals surface area contributed by atoms with E-state index in [2.05, 4.69) is 10.3 Å². The number of fused-ring (bicyclic) bond motifs is 2. The predicted octanol–water partition coefficient (Wildman–Crippen LogP) is 2.39. The van der Waals surface area contributed by atoms with Crippen molar-refractivity contribution in [1.82, 2.24) is 4.98 Å². The number of nitrogens with zero attached hydrogens (tertiary/aromatic N) is 1. The number of esters is 1. The van der Waals surface area contributed by atoms with Gasteiger partial charge in [0.15, 0.2) is 30.1 Å². The van der Waals surface area contributed by atoms with Crippen LogP contribution in [0.2, 0.25) is 0 Å². The highest BCUT2D eigenvalue weighted by atomic mass is 16.6. The number of benzene rings is 2. The van der Waals surface area contributed by atoms with Gasteiger partial charge in [-0.15, -0.1) is 0 Å². The van der Waals surface area contributed by atoms with Gasteiger partial charge in [-0.05, 0) is 24.3 Å². The highest BCUT2D eigenvalue weighted by Gasteiger charge is 2.17. The lowest BCUT2D eigenvalue weighted by atomic mass is 10.2. The zero-order valence-corrected chi connectivity index (χ0v) is 13.6. The van der Waals surface area contributed by atoms with Crippen molar-refractivity contribution < 1.29 is 28.2 Å². The molecule has 8 nitrogen and oxygen atoms in total. The van der Waals surface area contributed by atoms with E-state index in [9.17, 15) is 9.59 Å². The van der Waals surface area contributed by atoms with Gasteiger partial charge in [0, 0.05) is 11.8 Å². The molecule has 0 saturated heterocycles. The van der Waals surface area contributed by atoms with Gasteiger partial charge in [0.05, 0.1) is 5.56 Å². The topological polar surface area (TPSA) is 99.9 Å². The monoisotopic (exact) mass is 354 g/mol. The van der Waals surface area contributed by atoms with E-state index < -0.39 is 18.5 Å². The average molecular weight is 354 g/mol. The van der Waals surface area contributed by atoms with Crippen LogP contribution in [0.4, 0.5) is 5.69 Å². The van der Waals surface area contributed by atoms with Crippen molar-refractivity contribution in [2.45, 2.75) is 0 Å². The minimum Gasteiger partial charge on any atom is -0.486 e. The third kappa shape index (κ3) is 3.16. The molecule has 1 N–H and O–H groups in total. The molecule has 0 unspecified atom stereocenters. The highest BCUT2D eigenvalue weighted by molar-refractivity contribution is 6.02. The van der Waals surface area contributed by atoms with E-state index in [0.29, 0.717) is 41.5 Å². The second-order valence-corrected chi connectivity index (χ2v) is 5.49. The Bertz CT molecular complexity index is 981. The van der Waals surface area contributed by atoms with Crippen molar-refractivity contribution in [2.24, 2.45) is 0 Å². The summed E-state index contributed by atoms with van der Waals surface area (Å²) in [6, 6.07) is 9.95. The van der Waals surface area contributed by atoms with Gasteiger partial charge in [0.1, 0.15) is 18.7 Å². The van der Waals surface area contributed by atoms with Crippen molar-refractivity contribution in [1.29, 1.82) is 0 Å². The van der Waals surface area contributed by atoms with Crippen LogP contribution in [0.15, 0.2) is 47.2 Å². The first-order valence-electron chi connectivity index (χ1n) is 7.89. The van der Waals surface area contributed by atoms with Crippen molar-refractivity contribution >= 4 is 28.7 Å². The summed E-state index contributed by atoms with van der Waals surface area (Å²) in [6.45, 7) is 0.518. The highest BCUT2D eigenvalue weighted by Crippen LogP contribution is 2.32. The maximum absolute atomic E-state index is 12.2. The molecule has 1 aliphatic rings. The van der Waals surface area contributed by atoms with Crippen LogP contribution >= 0.6 is 0 Å². The maximum Gasteiger partial charge on any atom is 0.340 e. The van der Waals surface area contributed by atoms with E-state index >= 15 is 0 Å². The lowest BCUT2D eigenvalue weighted by Gasteiger charge is -2.19. The van der Waals surface area contributed by atoms with Crippen LogP contribution in [0, 0.1) is 0 Å². The molecule has 8 heteroatoms. The number of carbonyl (C=O) groups excluding carboxylic acids is 2. The normalized spacial score (nSPS) is 12.6. The van der Waals surface area contributed by atoms with Crippen molar-refractivity contribution in [3.63, 3.8) is 0 Å². The summed E-state index contributed by atoms with van der Waals surface area (Å²) in [7, 11) is 0. The van der Waals surface area contributed by atoms with Crippen molar-refractivity contribution in [3.05, 3.63) is 48.4 Å². The molecule has 132 valence electrons. The molecule has 26 heavy (non-hydrogen) atoms. The minimum atomic E-state index is -0.651. The Balaban J connectivity index is 1.38. The van der Waals surface area contributed by atoms with Crippen LogP contribution in [0.3, 0.4) is 0 Å². The first-order chi connectivity index (χ1) is 12.7. The minimum absolute atomic E-state index is 0.239. The number of nitrogens with one attached hydrogen (secondary N) is 1. The molecule has 0 aliphatic carbocycles. The SMILES string of the molecule is O=C(COC(=O)c1cccc2ocnc12)Nc1ccc2c(c1)OCCO2. The number of rotatable bonds is 4. The number of amides is 1. The van der Waals surface area contributed by atoms with Crippen LogP contribution in [0.5, 0.6) is 11.5 Å². The molecule has 0 bridgehead atoms. The Hall–Kier alpha value is -3.55. The standard InChI is InChI=1S/C18H14N2O6/c21-16(20-11-4-5-13-15(8-11)24-7-6-23-13)9-25-18(22)12-2-1-3-14-17(12)19-10-26-14/h1-5,8,10H,6-7,9H2,(H,20,21). The van der Waals surface area contributed by atoms with Gasteiger partial charge in [-0.3, -0.25) is 4.79 Å². The molecular formula is C18H14N2O6. The summed E-state index contributed by atoms with van der Waals surface area (Å²) in [4.78, 5) is 28.2. The first kappa shape index (κ1) is 15.9. The molecule has 1 aromatic heterocycles. The second kappa shape index (κ2) is 6.75. The van der Waals surface area contributed by atoms with Gasteiger partial charge in [-0.2, -0.15) is 0 Å². The van der Waals surface area contributed by atoms with Crippen molar-refractivity contribution in [3.8, 4) is 11.5 Å². The molecule has 0 atom stereocenters.